The molecule has 0 saturated heterocycles. The van der Waals surface area contributed by atoms with E-state index < -0.39 is 5.97 Å². The molecule has 3 aromatic carbocycles. The number of hydrogen-bond acceptors (Lipinski definition) is 4. The standard InChI is InChI=1S/C24H22BrNO4/c1-2-23(27)26-19-9-6-10-20(16-19)30-24(28)18-11-12-22(21(25)15-18)29-14-13-17-7-4-3-5-8-17/h3-12,15-16H,2,13-14H2,1H3,(H,26,27). The van der Waals surface area contributed by atoms with E-state index in [0.717, 1.165) is 6.42 Å². The summed E-state index contributed by atoms with van der Waals surface area (Å²) in [5.41, 5.74) is 2.17. The minimum absolute atomic E-state index is 0.106. The predicted octanol–water partition coefficient (Wildman–Crippen LogP) is 5.64. The largest absolute Gasteiger partial charge is 0.492 e. The molecule has 3 aromatic rings. The van der Waals surface area contributed by atoms with Crippen molar-refractivity contribution < 1.29 is 19.1 Å². The van der Waals surface area contributed by atoms with Gasteiger partial charge in [0.25, 0.3) is 0 Å². The fraction of sp³-hybridized carbons (Fsp3) is 0.167. The third-order valence-electron chi connectivity index (χ3n) is 4.31. The Hall–Kier alpha value is -3.12. The number of anilines is 1. The van der Waals surface area contributed by atoms with E-state index in [0.29, 0.717) is 40.3 Å². The average Bonchev–Trinajstić information content (AvgIpc) is 2.75. The number of ether oxygens (including phenoxy) is 2. The van der Waals surface area contributed by atoms with E-state index >= 15 is 0 Å². The zero-order chi connectivity index (χ0) is 21.3. The van der Waals surface area contributed by atoms with Crippen LogP contribution in [0.4, 0.5) is 5.69 Å². The maximum absolute atomic E-state index is 12.5. The zero-order valence-corrected chi connectivity index (χ0v) is 18.1. The van der Waals surface area contributed by atoms with Gasteiger partial charge in [0.2, 0.25) is 5.91 Å². The lowest BCUT2D eigenvalue weighted by Crippen LogP contribution is -2.11. The van der Waals surface area contributed by atoms with Crippen LogP contribution in [-0.4, -0.2) is 18.5 Å². The van der Waals surface area contributed by atoms with E-state index in [1.807, 2.05) is 18.2 Å². The van der Waals surface area contributed by atoms with Crippen molar-refractivity contribution in [2.45, 2.75) is 19.8 Å². The van der Waals surface area contributed by atoms with Gasteiger partial charge < -0.3 is 14.8 Å². The molecule has 0 bridgehead atoms. The fourth-order valence-electron chi connectivity index (χ4n) is 2.72. The second kappa shape index (κ2) is 10.6. The normalized spacial score (nSPS) is 10.3. The summed E-state index contributed by atoms with van der Waals surface area (Å²) in [5, 5.41) is 2.74. The summed E-state index contributed by atoms with van der Waals surface area (Å²) in [6.45, 7) is 2.30. The Morgan fingerprint density at radius 2 is 1.77 bits per heavy atom. The van der Waals surface area contributed by atoms with Gasteiger partial charge in [0, 0.05) is 24.6 Å². The van der Waals surface area contributed by atoms with E-state index in [4.69, 9.17) is 9.47 Å². The molecule has 0 aliphatic rings. The van der Waals surface area contributed by atoms with Crippen molar-refractivity contribution in [3.8, 4) is 11.5 Å². The minimum atomic E-state index is -0.495. The van der Waals surface area contributed by atoms with Crippen LogP contribution >= 0.6 is 15.9 Å². The molecule has 1 N–H and O–H groups in total. The van der Waals surface area contributed by atoms with Gasteiger partial charge in [-0.3, -0.25) is 4.79 Å². The van der Waals surface area contributed by atoms with E-state index in [9.17, 15) is 9.59 Å². The van der Waals surface area contributed by atoms with E-state index in [1.54, 1.807) is 49.4 Å². The second-order valence-electron chi connectivity index (χ2n) is 6.55. The third-order valence-corrected chi connectivity index (χ3v) is 4.93. The number of nitrogens with one attached hydrogen (secondary N) is 1. The molecule has 0 spiro atoms. The molecule has 30 heavy (non-hydrogen) atoms. The van der Waals surface area contributed by atoms with Crippen LogP contribution in [0.3, 0.4) is 0 Å². The number of halogens is 1. The topological polar surface area (TPSA) is 64.6 Å². The summed E-state index contributed by atoms with van der Waals surface area (Å²) in [5.74, 6) is 0.413. The van der Waals surface area contributed by atoms with Gasteiger partial charge in [-0.05, 0) is 51.8 Å². The van der Waals surface area contributed by atoms with Crippen LogP contribution in [0.15, 0.2) is 77.3 Å². The van der Waals surface area contributed by atoms with Gasteiger partial charge in [0.1, 0.15) is 11.5 Å². The maximum Gasteiger partial charge on any atom is 0.343 e. The molecule has 5 nitrogen and oxygen atoms in total. The van der Waals surface area contributed by atoms with Crippen LogP contribution in [0, 0.1) is 0 Å². The Bertz CT molecular complexity index is 1020. The molecule has 0 aliphatic carbocycles. The van der Waals surface area contributed by atoms with Gasteiger partial charge in [0.05, 0.1) is 16.6 Å². The maximum atomic E-state index is 12.5. The van der Waals surface area contributed by atoms with Crippen LogP contribution in [0.25, 0.3) is 0 Å². The Kier molecular flexibility index (Phi) is 7.63. The van der Waals surface area contributed by atoms with Gasteiger partial charge in [-0.1, -0.05) is 43.3 Å². The molecule has 154 valence electrons. The molecular weight excluding hydrogens is 446 g/mol. The number of carbonyl (C=O) groups is 2. The van der Waals surface area contributed by atoms with Crippen molar-refractivity contribution in [3.05, 3.63) is 88.4 Å². The first-order valence-electron chi connectivity index (χ1n) is 9.63. The Labute approximate surface area is 184 Å². The molecular formula is C24H22BrNO4. The first-order chi connectivity index (χ1) is 14.5. The van der Waals surface area contributed by atoms with Gasteiger partial charge in [-0.15, -0.1) is 0 Å². The third kappa shape index (κ3) is 6.19. The number of hydrogen-bond donors (Lipinski definition) is 1. The monoisotopic (exact) mass is 467 g/mol. The first kappa shape index (κ1) is 21.6. The second-order valence-corrected chi connectivity index (χ2v) is 7.40. The van der Waals surface area contributed by atoms with Gasteiger partial charge >= 0.3 is 5.97 Å². The SMILES string of the molecule is CCC(=O)Nc1cccc(OC(=O)c2ccc(OCCc3ccccc3)c(Br)c2)c1. The fourth-order valence-corrected chi connectivity index (χ4v) is 3.21. The molecule has 0 unspecified atom stereocenters. The van der Waals surface area contributed by atoms with Crippen LogP contribution in [0.1, 0.15) is 29.3 Å². The highest BCUT2D eigenvalue weighted by atomic mass is 79.9. The smallest absolute Gasteiger partial charge is 0.343 e. The molecule has 1 amide bonds. The lowest BCUT2D eigenvalue weighted by atomic mass is 10.2. The average molecular weight is 468 g/mol. The summed E-state index contributed by atoms with van der Waals surface area (Å²) < 4.78 is 11.9. The quantitative estimate of drug-likeness (QED) is 0.344. The Balaban J connectivity index is 1.59. The molecule has 0 radical (unpaired) electrons. The van der Waals surface area contributed by atoms with Crippen molar-refractivity contribution in [1.29, 1.82) is 0 Å². The van der Waals surface area contributed by atoms with Crippen molar-refractivity contribution in [2.75, 3.05) is 11.9 Å². The van der Waals surface area contributed by atoms with Crippen LogP contribution in [0.5, 0.6) is 11.5 Å². The predicted molar refractivity (Wildman–Crippen MR) is 120 cm³/mol. The summed E-state index contributed by atoms with van der Waals surface area (Å²) in [6, 6.07) is 21.9. The molecule has 6 heteroatoms. The number of rotatable bonds is 8. The molecule has 0 fully saturated rings. The van der Waals surface area contributed by atoms with Gasteiger partial charge in [-0.25, -0.2) is 4.79 Å². The highest BCUT2D eigenvalue weighted by molar-refractivity contribution is 9.10. The van der Waals surface area contributed by atoms with Crippen LogP contribution < -0.4 is 14.8 Å². The summed E-state index contributed by atoms with van der Waals surface area (Å²) >= 11 is 3.45. The Morgan fingerprint density at radius 3 is 2.50 bits per heavy atom. The summed E-state index contributed by atoms with van der Waals surface area (Å²) in [6.07, 6.45) is 1.17. The van der Waals surface area contributed by atoms with Crippen molar-refractivity contribution in [1.82, 2.24) is 0 Å². The summed E-state index contributed by atoms with van der Waals surface area (Å²) in [4.78, 5) is 24.0. The zero-order valence-electron chi connectivity index (χ0n) is 16.6. The number of amides is 1. The Morgan fingerprint density at radius 1 is 0.967 bits per heavy atom. The minimum Gasteiger partial charge on any atom is -0.492 e. The van der Waals surface area contributed by atoms with E-state index in [1.165, 1.54) is 5.56 Å². The van der Waals surface area contributed by atoms with E-state index in [2.05, 4.69) is 33.4 Å². The van der Waals surface area contributed by atoms with E-state index in [-0.39, 0.29) is 5.91 Å². The molecule has 3 rings (SSSR count). The van der Waals surface area contributed by atoms with Crippen molar-refractivity contribution in [2.24, 2.45) is 0 Å². The van der Waals surface area contributed by atoms with Crippen molar-refractivity contribution in [3.63, 3.8) is 0 Å². The lowest BCUT2D eigenvalue weighted by molar-refractivity contribution is -0.115. The summed E-state index contributed by atoms with van der Waals surface area (Å²) in [7, 11) is 0. The molecule has 0 atom stereocenters. The van der Waals surface area contributed by atoms with Crippen LogP contribution in [-0.2, 0) is 11.2 Å². The first-order valence-corrected chi connectivity index (χ1v) is 10.4. The number of carbonyl (C=O) groups excluding carboxylic acids is 2. The molecule has 0 heterocycles. The highest BCUT2D eigenvalue weighted by Gasteiger charge is 2.12. The number of esters is 1. The van der Waals surface area contributed by atoms with Gasteiger partial charge in [-0.2, -0.15) is 0 Å². The number of benzene rings is 3. The van der Waals surface area contributed by atoms with Crippen LogP contribution in [0.2, 0.25) is 0 Å². The molecule has 0 aliphatic heterocycles. The molecule has 0 aromatic heterocycles. The van der Waals surface area contributed by atoms with Gasteiger partial charge in [0.15, 0.2) is 0 Å². The highest BCUT2D eigenvalue weighted by Crippen LogP contribution is 2.27. The van der Waals surface area contributed by atoms with Crippen molar-refractivity contribution >= 4 is 33.5 Å². The lowest BCUT2D eigenvalue weighted by Gasteiger charge is -2.10. The molecule has 0 saturated carbocycles.